The number of hydrogen-bond donors (Lipinski definition) is 1. The molecule has 1 N–H and O–H groups in total. The standard InChI is InChI=1S/C20H14ClN3O2/c21-16-5-1-3-13(9-16)11-23-19(25)14-6-7-17-18(10-14)26-20(24-17)15-4-2-8-22-12-15/h1-10,12H,11H2,(H,23,25). The Balaban J connectivity index is 1.54. The first-order chi connectivity index (χ1) is 12.7. The lowest BCUT2D eigenvalue weighted by molar-refractivity contribution is 0.0951. The number of nitrogens with zero attached hydrogens (tertiary/aromatic N) is 2. The van der Waals surface area contributed by atoms with Crippen LogP contribution in [-0.4, -0.2) is 15.9 Å². The number of benzene rings is 2. The topological polar surface area (TPSA) is 68.0 Å². The number of pyridine rings is 1. The van der Waals surface area contributed by atoms with Crippen LogP contribution in [0.25, 0.3) is 22.6 Å². The fourth-order valence-corrected chi connectivity index (χ4v) is 2.82. The molecule has 0 saturated heterocycles. The molecule has 0 aliphatic rings. The Bertz CT molecular complexity index is 1080. The van der Waals surface area contributed by atoms with Gasteiger partial charge in [-0.1, -0.05) is 23.7 Å². The van der Waals surface area contributed by atoms with Crippen LogP contribution < -0.4 is 5.32 Å². The fraction of sp³-hybridized carbons (Fsp3) is 0.0500. The van der Waals surface area contributed by atoms with Gasteiger partial charge < -0.3 is 9.73 Å². The van der Waals surface area contributed by atoms with Gasteiger partial charge in [-0.15, -0.1) is 0 Å². The van der Waals surface area contributed by atoms with Gasteiger partial charge in [0, 0.05) is 29.5 Å². The summed E-state index contributed by atoms with van der Waals surface area (Å²) in [6.07, 6.45) is 3.37. The Morgan fingerprint density at radius 2 is 2.04 bits per heavy atom. The van der Waals surface area contributed by atoms with Crippen molar-refractivity contribution >= 4 is 28.6 Å². The largest absolute Gasteiger partial charge is 0.436 e. The van der Waals surface area contributed by atoms with E-state index in [1.54, 1.807) is 36.7 Å². The maximum atomic E-state index is 12.4. The van der Waals surface area contributed by atoms with Crippen molar-refractivity contribution in [3.05, 3.63) is 83.1 Å². The molecule has 128 valence electrons. The first kappa shape index (κ1) is 16.3. The number of hydrogen-bond acceptors (Lipinski definition) is 4. The predicted octanol–water partition coefficient (Wildman–Crippen LogP) is 4.47. The van der Waals surface area contributed by atoms with Crippen LogP contribution in [0.1, 0.15) is 15.9 Å². The van der Waals surface area contributed by atoms with E-state index in [0.29, 0.717) is 34.1 Å². The monoisotopic (exact) mass is 363 g/mol. The number of rotatable bonds is 4. The molecule has 0 spiro atoms. The molecule has 0 bridgehead atoms. The highest BCUT2D eigenvalue weighted by Crippen LogP contribution is 2.24. The third-order valence-electron chi connectivity index (χ3n) is 3.90. The Morgan fingerprint density at radius 3 is 2.85 bits per heavy atom. The van der Waals surface area contributed by atoms with Gasteiger partial charge in [-0.05, 0) is 48.0 Å². The van der Waals surface area contributed by atoms with E-state index < -0.39 is 0 Å². The maximum Gasteiger partial charge on any atom is 0.251 e. The number of carbonyl (C=O) groups is 1. The van der Waals surface area contributed by atoms with Crippen LogP contribution in [0.4, 0.5) is 0 Å². The zero-order valence-corrected chi connectivity index (χ0v) is 14.4. The first-order valence-electron chi connectivity index (χ1n) is 8.03. The normalized spacial score (nSPS) is 10.8. The molecule has 0 aliphatic carbocycles. The molecule has 5 nitrogen and oxygen atoms in total. The number of halogens is 1. The summed E-state index contributed by atoms with van der Waals surface area (Å²) in [6, 6.07) is 16.3. The number of nitrogens with one attached hydrogen (secondary N) is 1. The average molecular weight is 364 g/mol. The van der Waals surface area contributed by atoms with E-state index in [4.69, 9.17) is 16.0 Å². The van der Waals surface area contributed by atoms with Crippen LogP contribution in [0.3, 0.4) is 0 Å². The zero-order valence-electron chi connectivity index (χ0n) is 13.6. The Kier molecular flexibility index (Phi) is 4.37. The molecule has 2 heterocycles. The Morgan fingerprint density at radius 1 is 1.12 bits per heavy atom. The summed E-state index contributed by atoms with van der Waals surface area (Å²) in [7, 11) is 0. The van der Waals surface area contributed by atoms with Crippen molar-refractivity contribution in [2.24, 2.45) is 0 Å². The van der Waals surface area contributed by atoms with Gasteiger partial charge in [-0.25, -0.2) is 4.98 Å². The Hall–Kier alpha value is -3.18. The van der Waals surface area contributed by atoms with Gasteiger partial charge in [0.2, 0.25) is 5.89 Å². The number of oxazole rings is 1. The summed E-state index contributed by atoms with van der Waals surface area (Å²) in [6.45, 7) is 0.398. The van der Waals surface area contributed by atoms with E-state index in [9.17, 15) is 4.79 Å². The van der Waals surface area contributed by atoms with Gasteiger partial charge in [-0.2, -0.15) is 0 Å². The fourth-order valence-electron chi connectivity index (χ4n) is 2.61. The Labute approximate surface area is 154 Å². The van der Waals surface area contributed by atoms with Crippen LogP contribution in [0, 0.1) is 0 Å². The number of carbonyl (C=O) groups excluding carboxylic acids is 1. The summed E-state index contributed by atoms with van der Waals surface area (Å²) in [4.78, 5) is 20.9. The molecule has 0 saturated carbocycles. The molecule has 0 radical (unpaired) electrons. The van der Waals surface area contributed by atoms with Crippen molar-refractivity contribution in [2.45, 2.75) is 6.54 Å². The van der Waals surface area contributed by atoms with Gasteiger partial charge >= 0.3 is 0 Å². The smallest absolute Gasteiger partial charge is 0.251 e. The predicted molar refractivity (Wildman–Crippen MR) is 99.9 cm³/mol. The zero-order chi connectivity index (χ0) is 17.9. The summed E-state index contributed by atoms with van der Waals surface area (Å²) >= 11 is 5.96. The molecule has 0 atom stereocenters. The van der Waals surface area contributed by atoms with Gasteiger partial charge in [0.25, 0.3) is 5.91 Å². The number of fused-ring (bicyclic) bond motifs is 1. The highest BCUT2D eigenvalue weighted by atomic mass is 35.5. The summed E-state index contributed by atoms with van der Waals surface area (Å²) in [5, 5.41) is 3.52. The molecule has 0 fully saturated rings. The minimum atomic E-state index is -0.189. The average Bonchev–Trinajstić information content (AvgIpc) is 3.10. The van der Waals surface area contributed by atoms with Gasteiger partial charge in [0.1, 0.15) is 5.52 Å². The molecule has 1 amide bonds. The second-order valence-corrected chi connectivity index (χ2v) is 6.19. The third kappa shape index (κ3) is 3.43. The van der Waals surface area contributed by atoms with E-state index in [1.807, 2.05) is 30.3 Å². The molecule has 0 unspecified atom stereocenters. The van der Waals surface area contributed by atoms with E-state index in [2.05, 4.69) is 15.3 Å². The number of aromatic nitrogens is 2. The van der Waals surface area contributed by atoms with E-state index >= 15 is 0 Å². The summed E-state index contributed by atoms with van der Waals surface area (Å²) < 4.78 is 5.77. The van der Waals surface area contributed by atoms with Crippen molar-refractivity contribution in [1.29, 1.82) is 0 Å². The molecular weight excluding hydrogens is 350 g/mol. The molecule has 2 aromatic heterocycles. The maximum absolute atomic E-state index is 12.4. The van der Waals surface area contributed by atoms with Gasteiger partial charge in [0.05, 0.1) is 5.56 Å². The summed E-state index contributed by atoms with van der Waals surface area (Å²) in [5.41, 5.74) is 3.48. The van der Waals surface area contributed by atoms with Crippen molar-refractivity contribution in [3.8, 4) is 11.5 Å². The second kappa shape index (κ2) is 6.98. The molecule has 0 aliphatic heterocycles. The first-order valence-corrected chi connectivity index (χ1v) is 8.40. The highest BCUT2D eigenvalue weighted by Gasteiger charge is 2.12. The van der Waals surface area contributed by atoms with Gasteiger partial charge in [-0.3, -0.25) is 9.78 Å². The van der Waals surface area contributed by atoms with E-state index in [0.717, 1.165) is 11.1 Å². The van der Waals surface area contributed by atoms with Crippen LogP contribution >= 0.6 is 11.6 Å². The lowest BCUT2D eigenvalue weighted by atomic mass is 10.2. The minimum absolute atomic E-state index is 0.189. The number of amides is 1. The van der Waals surface area contributed by atoms with Gasteiger partial charge in [0.15, 0.2) is 5.58 Å². The SMILES string of the molecule is O=C(NCc1cccc(Cl)c1)c1ccc2nc(-c3cccnc3)oc2c1. The van der Waals surface area contributed by atoms with Crippen LogP contribution in [-0.2, 0) is 6.54 Å². The van der Waals surface area contributed by atoms with Crippen molar-refractivity contribution in [1.82, 2.24) is 15.3 Å². The third-order valence-corrected chi connectivity index (χ3v) is 4.14. The molecule has 2 aromatic carbocycles. The lowest BCUT2D eigenvalue weighted by Gasteiger charge is -2.05. The van der Waals surface area contributed by atoms with E-state index in [1.165, 1.54) is 0 Å². The van der Waals surface area contributed by atoms with Crippen LogP contribution in [0.5, 0.6) is 0 Å². The van der Waals surface area contributed by atoms with Crippen LogP contribution in [0.2, 0.25) is 5.02 Å². The second-order valence-electron chi connectivity index (χ2n) is 5.76. The molecule has 6 heteroatoms. The van der Waals surface area contributed by atoms with Crippen LogP contribution in [0.15, 0.2) is 71.4 Å². The minimum Gasteiger partial charge on any atom is -0.436 e. The summed E-state index contributed by atoms with van der Waals surface area (Å²) in [5.74, 6) is 0.288. The lowest BCUT2D eigenvalue weighted by Crippen LogP contribution is -2.22. The molecule has 26 heavy (non-hydrogen) atoms. The van der Waals surface area contributed by atoms with Crippen molar-refractivity contribution in [2.75, 3.05) is 0 Å². The molecular formula is C20H14ClN3O2. The van der Waals surface area contributed by atoms with Crippen molar-refractivity contribution in [3.63, 3.8) is 0 Å². The van der Waals surface area contributed by atoms with Crippen molar-refractivity contribution < 1.29 is 9.21 Å². The molecule has 4 aromatic rings. The highest BCUT2D eigenvalue weighted by molar-refractivity contribution is 6.30. The van der Waals surface area contributed by atoms with E-state index in [-0.39, 0.29) is 5.91 Å². The molecule has 4 rings (SSSR count). The quantitative estimate of drug-likeness (QED) is 0.580.